The average molecular weight is 656 g/mol. The van der Waals surface area contributed by atoms with Crippen molar-refractivity contribution in [2.45, 2.75) is 24.9 Å². The quantitative estimate of drug-likeness (QED) is 0.175. The van der Waals surface area contributed by atoms with Crippen LogP contribution in [0.2, 0.25) is 0 Å². The number of nitrogens with one attached hydrogen (secondary N) is 1. The smallest absolute Gasteiger partial charge is 0.198 e. The van der Waals surface area contributed by atoms with Gasteiger partial charge in [-0.3, -0.25) is 4.79 Å². The van der Waals surface area contributed by atoms with Crippen LogP contribution in [0.1, 0.15) is 34.2 Å². The van der Waals surface area contributed by atoms with Crippen LogP contribution in [0.25, 0.3) is 0 Å². The molecule has 0 bridgehead atoms. The van der Waals surface area contributed by atoms with E-state index < -0.39 is 0 Å². The molecule has 4 aromatic carbocycles. The maximum Gasteiger partial charge on any atom is 0.198 e. The van der Waals surface area contributed by atoms with Crippen molar-refractivity contribution in [2.75, 3.05) is 5.75 Å². The van der Waals surface area contributed by atoms with E-state index in [2.05, 4.69) is 92.4 Å². The number of benzene rings is 4. The Bertz CT molecular complexity index is 1220. The molecular formula is C30H27BrINOS. The van der Waals surface area contributed by atoms with Crippen LogP contribution < -0.4 is 5.32 Å². The molecule has 0 spiro atoms. The molecule has 0 fully saturated rings. The third-order valence-electron chi connectivity index (χ3n) is 5.90. The molecule has 0 unspecified atom stereocenters. The Morgan fingerprint density at radius 1 is 0.800 bits per heavy atom. The predicted molar refractivity (Wildman–Crippen MR) is 160 cm³/mol. The van der Waals surface area contributed by atoms with E-state index in [4.69, 9.17) is 0 Å². The highest BCUT2D eigenvalue weighted by Crippen LogP contribution is 2.38. The van der Waals surface area contributed by atoms with E-state index in [9.17, 15) is 4.79 Å². The largest absolute Gasteiger partial charge is 0.305 e. The normalized spacial score (nSPS) is 12.7. The third kappa shape index (κ3) is 7.53. The SMILES string of the molecule is O=C(SCCc1ccccc1)[C@@H](c1ccccc1I)[C@@H](NCc1ccccc1)c1ccc(Br)cc1. The highest BCUT2D eigenvalue weighted by atomic mass is 127. The second-order valence-electron chi connectivity index (χ2n) is 8.30. The number of carbonyl (C=O) groups is 1. The lowest BCUT2D eigenvalue weighted by Gasteiger charge is -2.29. The van der Waals surface area contributed by atoms with Crippen molar-refractivity contribution in [1.82, 2.24) is 5.32 Å². The number of thioether (sulfide) groups is 1. The summed E-state index contributed by atoms with van der Waals surface area (Å²) in [7, 11) is 0. The van der Waals surface area contributed by atoms with E-state index in [0.29, 0.717) is 6.54 Å². The first-order valence-corrected chi connectivity index (χ1v) is 14.5. The van der Waals surface area contributed by atoms with E-state index in [1.54, 1.807) is 0 Å². The van der Waals surface area contributed by atoms with Crippen LogP contribution in [0, 0.1) is 3.57 Å². The third-order valence-corrected chi connectivity index (χ3v) is 8.36. The van der Waals surface area contributed by atoms with Gasteiger partial charge in [0.15, 0.2) is 5.12 Å². The van der Waals surface area contributed by atoms with Crippen molar-refractivity contribution in [1.29, 1.82) is 0 Å². The summed E-state index contributed by atoms with van der Waals surface area (Å²) < 4.78 is 2.13. The van der Waals surface area contributed by atoms with E-state index in [-0.39, 0.29) is 17.1 Å². The predicted octanol–water partition coefficient (Wildman–Crippen LogP) is 8.17. The van der Waals surface area contributed by atoms with E-state index in [1.807, 2.05) is 60.7 Å². The van der Waals surface area contributed by atoms with E-state index >= 15 is 0 Å². The monoisotopic (exact) mass is 655 g/mol. The zero-order chi connectivity index (χ0) is 24.5. The maximum atomic E-state index is 13.9. The minimum Gasteiger partial charge on any atom is -0.305 e. The zero-order valence-corrected chi connectivity index (χ0v) is 23.8. The van der Waals surface area contributed by atoms with E-state index in [0.717, 1.165) is 31.3 Å². The topological polar surface area (TPSA) is 29.1 Å². The molecule has 0 radical (unpaired) electrons. The lowest BCUT2D eigenvalue weighted by molar-refractivity contribution is -0.113. The summed E-state index contributed by atoms with van der Waals surface area (Å²) in [6, 6.07) is 37.1. The van der Waals surface area contributed by atoms with Gasteiger partial charge < -0.3 is 5.32 Å². The van der Waals surface area contributed by atoms with Crippen LogP contribution in [0.4, 0.5) is 0 Å². The molecule has 0 heterocycles. The van der Waals surface area contributed by atoms with Crippen LogP contribution in [-0.2, 0) is 17.8 Å². The summed E-state index contributed by atoms with van der Waals surface area (Å²) in [5, 5.41) is 3.93. The molecule has 0 aliphatic rings. The standard InChI is InChI=1S/C30H27BrINOS/c31-25-17-15-24(16-18-25)29(33-21-23-11-5-2-6-12-23)28(26-13-7-8-14-27(26)32)30(34)35-20-19-22-9-3-1-4-10-22/h1-18,28-29,33H,19-21H2/t28-,29-/m0/s1. The van der Waals surface area contributed by atoms with Gasteiger partial charge in [-0.05, 0) is 69.5 Å². The number of aryl methyl sites for hydroxylation is 1. The molecule has 2 atom stereocenters. The van der Waals surface area contributed by atoms with Gasteiger partial charge in [0.1, 0.15) is 0 Å². The second kappa shape index (κ2) is 13.4. The maximum absolute atomic E-state index is 13.9. The Balaban J connectivity index is 1.64. The molecule has 0 aromatic heterocycles. The Morgan fingerprint density at radius 3 is 2.06 bits per heavy atom. The molecule has 0 aliphatic heterocycles. The summed E-state index contributed by atoms with van der Waals surface area (Å²) in [4.78, 5) is 13.9. The molecule has 0 saturated heterocycles. The van der Waals surface area contributed by atoms with Gasteiger partial charge in [0.05, 0.1) is 5.92 Å². The van der Waals surface area contributed by atoms with Crippen LogP contribution in [0.5, 0.6) is 0 Å². The molecule has 0 aliphatic carbocycles. The number of hydrogen-bond donors (Lipinski definition) is 1. The number of rotatable bonds is 10. The molecule has 0 saturated carbocycles. The second-order valence-corrected chi connectivity index (χ2v) is 11.5. The fourth-order valence-corrected chi connectivity index (χ4v) is 6.06. The molecule has 35 heavy (non-hydrogen) atoms. The van der Waals surface area contributed by atoms with Crippen molar-refractivity contribution < 1.29 is 4.79 Å². The van der Waals surface area contributed by atoms with Gasteiger partial charge in [0.2, 0.25) is 0 Å². The Hall–Kier alpha value is -1.93. The molecule has 0 amide bonds. The zero-order valence-electron chi connectivity index (χ0n) is 19.2. The van der Waals surface area contributed by atoms with Crippen LogP contribution >= 0.6 is 50.3 Å². The van der Waals surface area contributed by atoms with Gasteiger partial charge in [-0.2, -0.15) is 0 Å². The Morgan fingerprint density at radius 2 is 1.40 bits per heavy atom. The molecular weight excluding hydrogens is 629 g/mol. The first kappa shape index (κ1) is 26.1. The molecule has 4 rings (SSSR count). The minimum atomic E-state index is -0.311. The van der Waals surface area contributed by atoms with Crippen molar-refractivity contribution in [2.24, 2.45) is 0 Å². The summed E-state index contributed by atoms with van der Waals surface area (Å²) in [6.45, 7) is 0.684. The lowest BCUT2D eigenvalue weighted by Crippen LogP contribution is -2.31. The molecule has 5 heteroatoms. The van der Waals surface area contributed by atoms with Crippen LogP contribution in [-0.4, -0.2) is 10.9 Å². The van der Waals surface area contributed by atoms with Gasteiger partial charge in [-0.25, -0.2) is 0 Å². The van der Waals surface area contributed by atoms with Crippen LogP contribution in [0.3, 0.4) is 0 Å². The van der Waals surface area contributed by atoms with Gasteiger partial charge in [0.25, 0.3) is 0 Å². The first-order chi connectivity index (χ1) is 17.1. The van der Waals surface area contributed by atoms with Gasteiger partial charge >= 0.3 is 0 Å². The van der Waals surface area contributed by atoms with Gasteiger partial charge in [-0.1, -0.05) is 119 Å². The highest BCUT2D eigenvalue weighted by molar-refractivity contribution is 14.1. The minimum absolute atomic E-state index is 0.157. The summed E-state index contributed by atoms with van der Waals surface area (Å²) in [5.74, 6) is 0.447. The first-order valence-electron chi connectivity index (χ1n) is 11.6. The lowest BCUT2D eigenvalue weighted by atomic mass is 9.87. The number of hydrogen-bond acceptors (Lipinski definition) is 3. The Labute approximate surface area is 234 Å². The van der Waals surface area contributed by atoms with Crippen molar-refractivity contribution >= 4 is 55.4 Å². The van der Waals surface area contributed by atoms with E-state index in [1.165, 1.54) is 22.9 Å². The van der Waals surface area contributed by atoms with Crippen molar-refractivity contribution in [3.63, 3.8) is 0 Å². The number of carbonyl (C=O) groups excluding carboxylic acids is 1. The average Bonchev–Trinajstić information content (AvgIpc) is 2.89. The molecule has 1 N–H and O–H groups in total. The van der Waals surface area contributed by atoms with Crippen LogP contribution in [0.15, 0.2) is 114 Å². The fraction of sp³-hybridized carbons (Fsp3) is 0.167. The van der Waals surface area contributed by atoms with Crippen molar-refractivity contribution in [3.05, 3.63) is 139 Å². The molecule has 178 valence electrons. The highest BCUT2D eigenvalue weighted by Gasteiger charge is 2.32. The van der Waals surface area contributed by atoms with Gasteiger partial charge in [-0.15, -0.1) is 0 Å². The van der Waals surface area contributed by atoms with Crippen molar-refractivity contribution in [3.8, 4) is 0 Å². The summed E-state index contributed by atoms with van der Waals surface area (Å²) in [5.41, 5.74) is 4.62. The summed E-state index contributed by atoms with van der Waals surface area (Å²) >= 11 is 7.35. The molecule has 2 nitrogen and oxygen atoms in total. The van der Waals surface area contributed by atoms with Gasteiger partial charge in [0, 0.05) is 26.4 Å². The number of halogens is 2. The Kier molecular flexibility index (Phi) is 10.0. The fourth-order valence-electron chi connectivity index (χ4n) is 4.10. The molecule has 4 aromatic rings. The summed E-state index contributed by atoms with van der Waals surface area (Å²) in [6.07, 6.45) is 0.871.